The van der Waals surface area contributed by atoms with Crippen LogP contribution in [0.15, 0.2) is 5.16 Å². The van der Waals surface area contributed by atoms with Gasteiger partial charge in [-0.1, -0.05) is 31.5 Å². The highest BCUT2D eigenvalue weighted by molar-refractivity contribution is 7.99. The van der Waals surface area contributed by atoms with Crippen LogP contribution in [0.3, 0.4) is 0 Å². The number of aromatic nitrogens is 3. The molecule has 0 saturated heterocycles. The number of unbranched alkanes of at least 4 members (excludes halogenated alkanes) is 1. The van der Waals surface area contributed by atoms with Crippen LogP contribution < -0.4 is 0 Å². The fraction of sp³-hybridized carbons (Fsp3) is 0.769. The summed E-state index contributed by atoms with van der Waals surface area (Å²) in [6.45, 7) is 3.57. The van der Waals surface area contributed by atoms with Gasteiger partial charge >= 0.3 is 5.97 Å². The third kappa shape index (κ3) is 4.23. The molecule has 1 aromatic heterocycles. The summed E-state index contributed by atoms with van der Waals surface area (Å²) in [5.41, 5.74) is 0. The molecule has 0 saturated carbocycles. The molecule has 2 heterocycles. The van der Waals surface area contributed by atoms with Crippen LogP contribution in [0.4, 0.5) is 0 Å². The quantitative estimate of drug-likeness (QED) is 0.456. The maximum absolute atomic E-state index is 11.5. The third-order valence-electron chi connectivity index (χ3n) is 3.16. The molecule has 0 bridgehead atoms. The molecule has 0 unspecified atom stereocenters. The van der Waals surface area contributed by atoms with Gasteiger partial charge in [-0.25, -0.2) is 0 Å². The van der Waals surface area contributed by atoms with Gasteiger partial charge in [-0.15, -0.1) is 10.2 Å². The molecule has 1 aliphatic heterocycles. The van der Waals surface area contributed by atoms with Crippen molar-refractivity contribution in [2.24, 2.45) is 0 Å². The molecule has 0 amide bonds. The molecule has 5 nitrogen and oxygen atoms in total. The van der Waals surface area contributed by atoms with E-state index >= 15 is 0 Å². The number of nitrogens with zero attached hydrogens (tertiary/aromatic N) is 3. The average Bonchev–Trinajstić information content (AvgIpc) is 2.64. The van der Waals surface area contributed by atoms with Gasteiger partial charge in [0.2, 0.25) is 0 Å². The molecule has 0 aromatic carbocycles. The Morgan fingerprint density at radius 2 is 2.26 bits per heavy atom. The van der Waals surface area contributed by atoms with E-state index in [-0.39, 0.29) is 5.97 Å². The van der Waals surface area contributed by atoms with Gasteiger partial charge in [-0.3, -0.25) is 4.79 Å². The second-order valence-corrected chi connectivity index (χ2v) is 5.67. The summed E-state index contributed by atoms with van der Waals surface area (Å²) >= 11 is 1.43. The summed E-state index contributed by atoms with van der Waals surface area (Å²) in [5.74, 6) is 1.21. The van der Waals surface area contributed by atoms with Gasteiger partial charge in [0, 0.05) is 13.0 Å². The Kier molecular flexibility index (Phi) is 5.69. The summed E-state index contributed by atoms with van der Waals surface area (Å²) in [4.78, 5) is 11.5. The van der Waals surface area contributed by atoms with E-state index in [1.165, 1.54) is 31.0 Å². The van der Waals surface area contributed by atoms with E-state index in [1.807, 2.05) is 0 Å². The number of hydrogen-bond donors (Lipinski definition) is 0. The minimum atomic E-state index is -0.163. The van der Waals surface area contributed by atoms with Crippen LogP contribution in [0.25, 0.3) is 0 Å². The molecule has 0 atom stereocenters. The Balaban J connectivity index is 1.83. The van der Waals surface area contributed by atoms with Crippen molar-refractivity contribution in [2.75, 3.05) is 12.4 Å². The van der Waals surface area contributed by atoms with E-state index in [1.54, 1.807) is 0 Å². The number of aryl methyl sites for hydroxylation is 1. The number of hydrogen-bond acceptors (Lipinski definition) is 5. The molecule has 0 aliphatic carbocycles. The van der Waals surface area contributed by atoms with E-state index < -0.39 is 0 Å². The topological polar surface area (TPSA) is 57.0 Å². The second-order valence-electron chi connectivity index (χ2n) is 4.72. The lowest BCUT2D eigenvalue weighted by Gasteiger charge is -2.06. The normalized spacial score (nSPS) is 14.8. The Morgan fingerprint density at radius 1 is 1.37 bits per heavy atom. The molecule has 1 aromatic rings. The first kappa shape index (κ1) is 14.4. The molecule has 0 spiro atoms. The summed E-state index contributed by atoms with van der Waals surface area (Å²) < 4.78 is 7.28. The van der Waals surface area contributed by atoms with Gasteiger partial charge in [0.1, 0.15) is 5.82 Å². The Bertz CT molecular complexity index is 420. The number of rotatable bonds is 6. The van der Waals surface area contributed by atoms with E-state index in [9.17, 15) is 4.79 Å². The highest BCUT2D eigenvalue weighted by Crippen LogP contribution is 2.21. The molecule has 0 radical (unpaired) electrons. The van der Waals surface area contributed by atoms with Crippen molar-refractivity contribution >= 4 is 17.7 Å². The predicted octanol–water partition coefficient (Wildman–Crippen LogP) is 2.44. The summed E-state index contributed by atoms with van der Waals surface area (Å²) in [5, 5.41) is 9.24. The highest BCUT2D eigenvalue weighted by atomic mass is 32.2. The third-order valence-corrected chi connectivity index (χ3v) is 4.10. The van der Waals surface area contributed by atoms with Crippen LogP contribution in [-0.2, 0) is 22.5 Å². The van der Waals surface area contributed by atoms with Crippen molar-refractivity contribution in [1.82, 2.24) is 14.8 Å². The zero-order chi connectivity index (χ0) is 13.5. The lowest BCUT2D eigenvalue weighted by atomic mass is 10.2. The summed E-state index contributed by atoms with van der Waals surface area (Å²) in [7, 11) is 0. The predicted molar refractivity (Wildman–Crippen MR) is 74.2 cm³/mol. The van der Waals surface area contributed by atoms with Gasteiger partial charge in [-0.05, 0) is 19.3 Å². The molecule has 2 rings (SSSR count). The van der Waals surface area contributed by atoms with Crippen LogP contribution in [0.1, 0.15) is 44.9 Å². The van der Waals surface area contributed by atoms with Crippen molar-refractivity contribution in [2.45, 2.75) is 57.1 Å². The summed E-state index contributed by atoms with van der Waals surface area (Å²) in [6.07, 6.45) is 6.55. The minimum Gasteiger partial charge on any atom is -0.465 e. The summed E-state index contributed by atoms with van der Waals surface area (Å²) in [6, 6.07) is 0. The molecular formula is C13H21N3O2S. The number of carbonyl (C=O) groups is 1. The number of carbonyl (C=O) groups excluding carboxylic acids is 1. The van der Waals surface area contributed by atoms with Gasteiger partial charge in [-0.2, -0.15) is 0 Å². The molecule has 6 heteroatoms. The maximum Gasteiger partial charge on any atom is 0.316 e. The molecule has 1 aliphatic rings. The molecular weight excluding hydrogens is 262 g/mol. The zero-order valence-electron chi connectivity index (χ0n) is 11.4. The first-order valence-electron chi connectivity index (χ1n) is 7.01. The van der Waals surface area contributed by atoms with E-state index in [2.05, 4.69) is 21.7 Å². The monoisotopic (exact) mass is 283 g/mol. The van der Waals surface area contributed by atoms with Gasteiger partial charge < -0.3 is 9.30 Å². The van der Waals surface area contributed by atoms with Crippen LogP contribution in [0.2, 0.25) is 0 Å². The molecule has 0 N–H and O–H groups in total. The average molecular weight is 283 g/mol. The van der Waals surface area contributed by atoms with Crippen molar-refractivity contribution < 1.29 is 9.53 Å². The standard InChI is InChI=1S/C13H21N3O2S/c1-2-3-9-18-12(17)10-19-13-15-14-11-7-5-4-6-8-16(11)13/h2-10H2,1H3. The highest BCUT2D eigenvalue weighted by Gasteiger charge is 2.16. The largest absolute Gasteiger partial charge is 0.465 e. The molecule has 19 heavy (non-hydrogen) atoms. The zero-order valence-corrected chi connectivity index (χ0v) is 12.2. The van der Waals surface area contributed by atoms with Gasteiger partial charge in [0.25, 0.3) is 0 Å². The van der Waals surface area contributed by atoms with Crippen LogP contribution in [0.5, 0.6) is 0 Å². The fourth-order valence-electron chi connectivity index (χ4n) is 2.06. The Labute approximate surface area is 118 Å². The van der Waals surface area contributed by atoms with E-state index in [0.717, 1.165) is 36.8 Å². The van der Waals surface area contributed by atoms with E-state index in [4.69, 9.17) is 4.74 Å². The lowest BCUT2D eigenvalue weighted by Crippen LogP contribution is -2.09. The number of esters is 1. The van der Waals surface area contributed by atoms with Crippen LogP contribution >= 0.6 is 11.8 Å². The van der Waals surface area contributed by atoms with Crippen molar-refractivity contribution in [1.29, 1.82) is 0 Å². The number of thioether (sulfide) groups is 1. The number of ether oxygens (including phenoxy) is 1. The van der Waals surface area contributed by atoms with Crippen molar-refractivity contribution in [3.63, 3.8) is 0 Å². The van der Waals surface area contributed by atoms with Crippen molar-refractivity contribution in [3.8, 4) is 0 Å². The first-order chi connectivity index (χ1) is 9.31. The molecule has 0 fully saturated rings. The van der Waals surface area contributed by atoms with E-state index in [0.29, 0.717) is 12.4 Å². The van der Waals surface area contributed by atoms with Crippen LogP contribution in [0, 0.1) is 0 Å². The number of fused-ring (bicyclic) bond motifs is 1. The first-order valence-corrected chi connectivity index (χ1v) is 8.00. The lowest BCUT2D eigenvalue weighted by molar-refractivity contribution is -0.140. The van der Waals surface area contributed by atoms with Crippen LogP contribution in [-0.4, -0.2) is 33.1 Å². The Hall–Kier alpha value is -1.04. The van der Waals surface area contributed by atoms with Gasteiger partial charge in [0.05, 0.1) is 12.4 Å². The second kappa shape index (κ2) is 7.53. The minimum absolute atomic E-state index is 0.163. The molecule has 106 valence electrons. The Morgan fingerprint density at radius 3 is 3.11 bits per heavy atom. The SMILES string of the molecule is CCCCOC(=O)CSc1nnc2n1CCCCC2. The smallest absolute Gasteiger partial charge is 0.316 e. The fourth-order valence-corrected chi connectivity index (χ4v) is 2.84. The maximum atomic E-state index is 11.5. The van der Waals surface area contributed by atoms with Crippen molar-refractivity contribution in [3.05, 3.63) is 5.82 Å². The van der Waals surface area contributed by atoms with Gasteiger partial charge in [0.15, 0.2) is 5.16 Å².